The fourth-order valence-electron chi connectivity index (χ4n) is 3.57. The maximum absolute atomic E-state index is 9.10. The summed E-state index contributed by atoms with van der Waals surface area (Å²) in [5, 5.41) is 12.2. The topological polar surface area (TPSA) is 86.6 Å². The molecule has 0 amide bonds. The molecule has 0 aromatic carbocycles. The van der Waals surface area contributed by atoms with E-state index in [1.54, 1.807) is 6.20 Å². The predicted molar refractivity (Wildman–Crippen MR) is 104 cm³/mol. The number of piperazine rings is 1. The summed E-state index contributed by atoms with van der Waals surface area (Å²) in [5.74, 6) is 1.84. The van der Waals surface area contributed by atoms with Gasteiger partial charge in [-0.25, -0.2) is 4.98 Å². The molecule has 1 atom stereocenters. The highest BCUT2D eigenvalue weighted by molar-refractivity contribution is 5.50. The molecule has 4 rings (SSSR count). The minimum atomic E-state index is 0.0548. The van der Waals surface area contributed by atoms with Gasteiger partial charge in [-0.2, -0.15) is 4.98 Å². The summed E-state index contributed by atoms with van der Waals surface area (Å²) in [4.78, 5) is 18.2. The lowest BCUT2D eigenvalue weighted by Crippen LogP contribution is -2.47. The molecule has 1 unspecified atom stereocenters. The molecule has 0 spiro atoms. The molecular formula is C19H26N6O2. The summed E-state index contributed by atoms with van der Waals surface area (Å²) in [7, 11) is 0. The number of rotatable bonds is 6. The SMILES string of the molecule is OCCNc1nc(C2CCOC2)cc(N2CCN(c3cccnc3)CC2)n1. The number of aliphatic hydroxyl groups excluding tert-OH is 1. The van der Waals surface area contributed by atoms with Crippen molar-refractivity contribution in [3.63, 3.8) is 0 Å². The summed E-state index contributed by atoms with van der Waals surface area (Å²) in [6, 6.07) is 6.17. The zero-order chi connectivity index (χ0) is 18.5. The molecule has 2 aromatic rings. The minimum Gasteiger partial charge on any atom is -0.395 e. The van der Waals surface area contributed by atoms with E-state index in [0.29, 0.717) is 25.0 Å². The third kappa shape index (κ3) is 4.28. The Morgan fingerprint density at radius 3 is 2.74 bits per heavy atom. The summed E-state index contributed by atoms with van der Waals surface area (Å²) in [6.45, 7) is 5.64. The number of aliphatic hydroxyl groups is 1. The van der Waals surface area contributed by atoms with Crippen LogP contribution in [0.15, 0.2) is 30.6 Å². The number of aromatic nitrogens is 3. The Balaban J connectivity index is 1.49. The van der Waals surface area contributed by atoms with Crippen molar-refractivity contribution in [2.24, 2.45) is 0 Å². The maximum atomic E-state index is 9.10. The van der Waals surface area contributed by atoms with Gasteiger partial charge in [0.25, 0.3) is 0 Å². The molecule has 2 N–H and O–H groups in total. The van der Waals surface area contributed by atoms with Crippen molar-refractivity contribution in [1.82, 2.24) is 15.0 Å². The van der Waals surface area contributed by atoms with Crippen molar-refractivity contribution in [2.45, 2.75) is 12.3 Å². The highest BCUT2D eigenvalue weighted by Gasteiger charge is 2.24. The van der Waals surface area contributed by atoms with Gasteiger partial charge < -0.3 is 25.0 Å². The number of anilines is 3. The molecule has 0 bridgehead atoms. The minimum absolute atomic E-state index is 0.0548. The fraction of sp³-hybridized carbons (Fsp3) is 0.526. The van der Waals surface area contributed by atoms with Crippen molar-refractivity contribution in [2.75, 3.05) is 67.7 Å². The number of hydrogen-bond acceptors (Lipinski definition) is 8. The predicted octanol–water partition coefficient (Wildman–Crippen LogP) is 1.11. The summed E-state index contributed by atoms with van der Waals surface area (Å²) >= 11 is 0. The number of hydrogen-bond donors (Lipinski definition) is 2. The molecule has 0 radical (unpaired) electrons. The molecule has 2 fully saturated rings. The Kier molecular flexibility index (Phi) is 5.64. The zero-order valence-electron chi connectivity index (χ0n) is 15.4. The molecule has 2 saturated heterocycles. The van der Waals surface area contributed by atoms with E-state index in [4.69, 9.17) is 9.84 Å². The smallest absolute Gasteiger partial charge is 0.224 e. The van der Waals surface area contributed by atoms with E-state index in [9.17, 15) is 0 Å². The second-order valence-corrected chi connectivity index (χ2v) is 6.87. The van der Waals surface area contributed by atoms with E-state index in [0.717, 1.165) is 56.4 Å². The normalized spacial score (nSPS) is 20.1. The molecule has 27 heavy (non-hydrogen) atoms. The van der Waals surface area contributed by atoms with Crippen molar-refractivity contribution >= 4 is 17.5 Å². The number of pyridine rings is 1. The largest absolute Gasteiger partial charge is 0.395 e. The van der Waals surface area contributed by atoms with Gasteiger partial charge in [0.1, 0.15) is 5.82 Å². The van der Waals surface area contributed by atoms with Gasteiger partial charge in [0.2, 0.25) is 5.95 Å². The standard InChI is InChI=1S/C19H26N6O2/c26-10-5-21-19-22-17(15-3-11-27-14-15)12-18(23-19)25-8-6-24(7-9-25)16-2-1-4-20-13-16/h1-2,4,12-13,15,26H,3,5-11,14H2,(H,21,22,23). The summed E-state index contributed by atoms with van der Waals surface area (Å²) in [5.41, 5.74) is 2.18. The van der Waals surface area contributed by atoms with Crippen LogP contribution in [0, 0.1) is 0 Å². The van der Waals surface area contributed by atoms with Gasteiger partial charge in [-0.3, -0.25) is 4.98 Å². The average Bonchev–Trinajstić information content (AvgIpc) is 3.28. The molecule has 0 saturated carbocycles. The van der Waals surface area contributed by atoms with Crippen LogP contribution in [0.4, 0.5) is 17.5 Å². The molecule has 2 aliphatic rings. The van der Waals surface area contributed by atoms with Gasteiger partial charge in [0.15, 0.2) is 0 Å². The first kappa shape index (κ1) is 17.9. The van der Waals surface area contributed by atoms with E-state index in [-0.39, 0.29) is 6.61 Å². The Hall–Kier alpha value is -2.45. The van der Waals surface area contributed by atoms with Crippen LogP contribution in [-0.4, -0.2) is 72.6 Å². The van der Waals surface area contributed by atoms with Crippen LogP contribution in [0.5, 0.6) is 0 Å². The summed E-state index contributed by atoms with van der Waals surface area (Å²) in [6.07, 6.45) is 4.70. The lowest BCUT2D eigenvalue weighted by atomic mass is 10.0. The first-order chi connectivity index (χ1) is 13.3. The third-order valence-corrected chi connectivity index (χ3v) is 5.09. The molecule has 0 aliphatic carbocycles. The second kappa shape index (κ2) is 8.49. The van der Waals surface area contributed by atoms with Crippen molar-refractivity contribution < 1.29 is 9.84 Å². The highest BCUT2D eigenvalue weighted by atomic mass is 16.5. The first-order valence-corrected chi connectivity index (χ1v) is 9.55. The van der Waals surface area contributed by atoms with Gasteiger partial charge >= 0.3 is 0 Å². The van der Waals surface area contributed by atoms with Crippen LogP contribution >= 0.6 is 0 Å². The van der Waals surface area contributed by atoms with Crippen LogP contribution < -0.4 is 15.1 Å². The van der Waals surface area contributed by atoms with Crippen LogP contribution in [0.3, 0.4) is 0 Å². The lowest BCUT2D eigenvalue weighted by molar-refractivity contribution is 0.193. The van der Waals surface area contributed by atoms with E-state index >= 15 is 0 Å². The second-order valence-electron chi connectivity index (χ2n) is 6.87. The Bertz CT molecular complexity index is 730. The Labute approximate surface area is 159 Å². The molecule has 2 aliphatic heterocycles. The molecule has 8 heteroatoms. The van der Waals surface area contributed by atoms with Gasteiger partial charge in [-0.05, 0) is 18.6 Å². The van der Waals surface area contributed by atoms with Gasteiger partial charge in [-0.1, -0.05) is 0 Å². The van der Waals surface area contributed by atoms with Crippen LogP contribution in [0.1, 0.15) is 18.0 Å². The van der Waals surface area contributed by atoms with Crippen LogP contribution in [0.2, 0.25) is 0 Å². The van der Waals surface area contributed by atoms with Gasteiger partial charge in [0, 0.05) is 57.5 Å². The summed E-state index contributed by atoms with van der Waals surface area (Å²) < 4.78 is 5.53. The van der Waals surface area contributed by atoms with Crippen molar-refractivity contribution in [3.8, 4) is 0 Å². The quantitative estimate of drug-likeness (QED) is 0.782. The number of nitrogens with zero attached hydrogens (tertiary/aromatic N) is 5. The lowest BCUT2D eigenvalue weighted by Gasteiger charge is -2.36. The monoisotopic (exact) mass is 370 g/mol. The van der Waals surface area contributed by atoms with E-state index in [2.05, 4.69) is 42.2 Å². The first-order valence-electron chi connectivity index (χ1n) is 9.55. The number of nitrogens with one attached hydrogen (secondary N) is 1. The van der Waals surface area contributed by atoms with Crippen molar-refractivity contribution in [1.29, 1.82) is 0 Å². The van der Waals surface area contributed by atoms with Crippen molar-refractivity contribution in [3.05, 3.63) is 36.3 Å². The van der Waals surface area contributed by atoms with Gasteiger partial charge in [0.05, 0.1) is 30.8 Å². The Morgan fingerprint density at radius 2 is 2.04 bits per heavy atom. The van der Waals surface area contributed by atoms with E-state index in [1.807, 2.05) is 12.3 Å². The van der Waals surface area contributed by atoms with Crippen LogP contribution in [0.25, 0.3) is 0 Å². The average molecular weight is 370 g/mol. The molecular weight excluding hydrogens is 344 g/mol. The van der Waals surface area contributed by atoms with E-state index in [1.165, 1.54) is 0 Å². The maximum Gasteiger partial charge on any atom is 0.224 e. The zero-order valence-corrected chi connectivity index (χ0v) is 15.4. The third-order valence-electron chi connectivity index (χ3n) is 5.09. The molecule has 2 aromatic heterocycles. The highest BCUT2D eigenvalue weighted by Crippen LogP contribution is 2.28. The molecule has 8 nitrogen and oxygen atoms in total. The van der Waals surface area contributed by atoms with Gasteiger partial charge in [-0.15, -0.1) is 0 Å². The Morgan fingerprint density at radius 1 is 1.19 bits per heavy atom. The molecule has 4 heterocycles. The number of ether oxygens (including phenoxy) is 1. The van der Waals surface area contributed by atoms with Crippen LogP contribution in [-0.2, 0) is 4.74 Å². The molecule has 144 valence electrons. The fourth-order valence-corrected chi connectivity index (χ4v) is 3.57. The van der Waals surface area contributed by atoms with E-state index < -0.39 is 0 Å².